The predicted molar refractivity (Wildman–Crippen MR) is 499 cm³/mol. The number of H-pyrrole nitrogens is 1. The first kappa shape index (κ1) is 95.3. The van der Waals surface area contributed by atoms with Crippen molar-refractivity contribution < 1.29 is 79.1 Å². The van der Waals surface area contributed by atoms with Crippen molar-refractivity contribution >= 4 is 213 Å². The van der Waals surface area contributed by atoms with E-state index in [9.17, 15) is 55.5 Å². The molecule has 15 rings (SSSR count). The van der Waals surface area contributed by atoms with Gasteiger partial charge >= 0.3 is 0 Å². The van der Waals surface area contributed by atoms with Crippen LogP contribution >= 0.6 is 96.8 Å². The van der Waals surface area contributed by atoms with Gasteiger partial charge in [-0.3, -0.25) is 22.8 Å². The highest BCUT2D eigenvalue weighted by Crippen LogP contribution is 2.47. The van der Waals surface area contributed by atoms with E-state index < -0.39 is 163 Å². The molecule has 5 aliphatic heterocycles. The zero-order valence-electron chi connectivity index (χ0n) is 68.2. The van der Waals surface area contributed by atoms with Crippen molar-refractivity contribution in [2.75, 3.05) is 126 Å². The van der Waals surface area contributed by atoms with E-state index in [0.717, 1.165) is 35.4 Å². The summed E-state index contributed by atoms with van der Waals surface area (Å²) >= 11 is 17.0. The molecule has 0 radical (unpaired) electrons. The molecule has 35 nitrogen and oxygen atoms in total. The fraction of sp³-hybridized carbons (Fsp3) is 0.533. The Bertz CT molecular complexity index is 5130. The quantitative estimate of drug-likeness (QED) is 0.0220. The zero-order valence-corrected chi connectivity index (χ0v) is 78.0. The molecule has 5 fully saturated rings. The van der Waals surface area contributed by atoms with Crippen LogP contribution in [0.25, 0.3) is 55.8 Å². The lowest BCUT2D eigenvalue weighted by molar-refractivity contribution is -0.0413. The lowest BCUT2D eigenvalue weighted by Crippen LogP contribution is -2.32. The van der Waals surface area contributed by atoms with E-state index in [0.29, 0.717) is 113 Å². The Kier molecular flexibility index (Phi) is 30.2. The second kappa shape index (κ2) is 38.1. The number of ether oxygens (including phenoxy) is 5. The molecule has 660 valence electrons. The maximum atomic E-state index is 14.3. The third-order valence-electron chi connectivity index (χ3n) is 21.0. The second-order valence-electron chi connectivity index (χ2n) is 34.2. The topological polar surface area (TPSA) is 535 Å². The Labute approximate surface area is 726 Å². The van der Waals surface area contributed by atoms with Crippen LogP contribution < -0.4 is 28.7 Å². The van der Waals surface area contributed by atoms with Gasteiger partial charge in [0.1, 0.15) is 88.6 Å². The lowest BCUT2D eigenvalue weighted by Gasteiger charge is -2.19. The van der Waals surface area contributed by atoms with E-state index in [1.165, 1.54) is 23.0 Å². The van der Waals surface area contributed by atoms with Gasteiger partial charge in [-0.15, -0.1) is 65.9 Å². The van der Waals surface area contributed by atoms with Crippen molar-refractivity contribution in [3.05, 3.63) is 86.0 Å². The molecule has 0 bridgehead atoms. The predicted octanol–water partition coefficient (Wildman–Crippen LogP) is 6.48. The van der Waals surface area contributed by atoms with E-state index in [1.54, 1.807) is 56.6 Å². The monoisotopic (exact) mass is 1980 g/mol. The van der Waals surface area contributed by atoms with Crippen molar-refractivity contribution in [2.45, 2.75) is 155 Å². The van der Waals surface area contributed by atoms with E-state index in [2.05, 4.69) is 187 Å². The number of nitrogens with zero attached hydrogens (tertiary/aromatic N) is 14. The maximum Gasteiger partial charge on any atom is 0.293 e. The average molecular weight is 1980 g/mol. The molecule has 10 aromatic rings. The normalized spacial score (nSPS) is 27.9. The summed E-state index contributed by atoms with van der Waals surface area (Å²) in [7, 11) is 0. The smallest absolute Gasteiger partial charge is 0.293 e. The number of aliphatic hydroxyl groups excluding tert-OH is 10. The Morgan fingerprint density at radius 3 is 1.03 bits per heavy atom. The number of aliphatic hydroxyl groups is 10. The minimum atomic E-state index is -1.29. The molecule has 0 amide bonds. The van der Waals surface area contributed by atoms with Crippen LogP contribution in [0.5, 0.6) is 0 Å². The van der Waals surface area contributed by atoms with E-state index in [1.807, 2.05) is 0 Å². The number of imidazole rings is 5. The molecule has 5 saturated heterocycles. The van der Waals surface area contributed by atoms with Gasteiger partial charge in [0.05, 0.1) is 59.0 Å². The Balaban J connectivity index is 0.000000147. The van der Waals surface area contributed by atoms with E-state index in [-0.39, 0.29) is 22.1 Å². The molecule has 20 atom stereocenters. The number of nitrogens with one attached hydrogen (secondary N) is 1. The van der Waals surface area contributed by atoms with Crippen molar-refractivity contribution in [1.29, 1.82) is 0 Å². The summed E-state index contributed by atoms with van der Waals surface area (Å²) < 4.78 is 52.7. The van der Waals surface area contributed by atoms with E-state index in [4.69, 9.17) is 76.2 Å². The number of aromatic nitrogens is 15. The van der Waals surface area contributed by atoms with Crippen molar-refractivity contribution in [3.8, 4) is 0 Å². The summed E-state index contributed by atoms with van der Waals surface area (Å²) in [5.41, 5.74) is 36.2. The molecular weight excluding hydrogens is 1870 g/mol. The van der Waals surface area contributed by atoms with Crippen molar-refractivity contribution in [2.24, 2.45) is 0 Å². The molecule has 0 spiro atoms. The first-order valence-electron chi connectivity index (χ1n) is 38.4. The summed E-state index contributed by atoms with van der Waals surface area (Å²) in [6.45, 7) is 15.0. The van der Waals surface area contributed by atoms with Gasteiger partial charge in [0, 0.05) is 53.6 Å². The number of halogens is 4. The van der Waals surface area contributed by atoms with Gasteiger partial charge in [0.2, 0.25) is 5.28 Å². The number of hydrogen-bond donors (Lipinski definition) is 16. The van der Waals surface area contributed by atoms with Gasteiger partial charge in [-0.2, -0.15) is 9.37 Å². The first-order chi connectivity index (χ1) is 55.9. The van der Waals surface area contributed by atoms with Crippen LogP contribution in [0.2, 0.25) is 5.28 Å². The Morgan fingerprint density at radius 2 is 0.675 bits per heavy atom. The molecule has 10 aromatic heterocycles. The number of nitrogens with two attached hydrogens (primary N) is 5. The fourth-order valence-electron chi connectivity index (χ4n) is 14.4. The highest BCUT2D eigenvalue weighted by Gasteiger charge is 2.50. The number of anilines is 5. The first-order valence-corrected chi connectivity index (χ1v) is 56.3. The molecule has 0 saturated carbocycles. The van der Waals surface area contributed by atoms with Crippen molar-refractivity contribution in [3.63, 3.8) is 0 Å². The number of nitrogen functional groups attached to an aromatic ring is 5. The fourth-order valence-corrected chi connectivity index (χ4v) is 21.0. The van der Waals surface area contributed by atoms with Crippen LogP contribution in [-0.2, 0) is 23.7 Å². The van der Waals surface area contributed by atoms with Gasteiger partial charge in [-0.25, -0.2) is 39.9 Å². The maximum absolute atomic E-state index is 14.3. The molecule has 0 unspecified atom stereocenters. The summed E-state index contributed by atoms with van der Waals surface area (Å²) in [5.74, 6) is 0. The molecular formula is C75H111BrClFIN20O15P5S. The van der Waals surface area contributed by atoms with Gasteiger partial charge in [0.15, 0.2) is 72.7 Å². The molecule has 0 aromatic carbocycles. The third kappa shape index (κ3) is 21.7. The summed E-state index contributed by atoms with van der Waals surface area (Å²) in [6, 6.07) is 8.15. The number of pyridine rings is 5. The highest BCUT2D eigenvalue weighted by atomic mass is 127. The second-order valence-corrected chi connectivity index (χ2v) is 58.2. The van der Waals surface area contributed by atoms with Crippen molar-refractivity contribution in [1.82, 2.24) is 72.7 Å². The molecule has 5 aliphatic rings. The number of hydrogen-bond acceptors (Lipinski definition) is 30. The number of aromatic amines is 1. The minimum absolute atomic E-state index is 0.109. The molecule has 120 heavy (non-hydrogen) atoms. The standard InChI is InChI=1S/C15H22BrN4O3P.C15H22ClN4O3P.C15H22FN4O3P.C15H22IN4O3P.C15H23N4O3PS/c4*1-24(2,3)7-5-9-11(21)12(22)14(23-9)20-13-10(19-15(20)16)8(17)4-6-18-13;1-23(2,3)7-5-9-11(20)12(21)14(22-9)19-13-10(18-15(19)24)8(16)4-6-17-13/h4*4,6,9,11-12,14,21-22H,1,5,7H2,2-3H3,(H2,17,18);4,6,9,11-12,14,20-21H,1,5,7H2,2-3H3,(H2,16,17)(H,18,24)/t5*9-,11-,12-,14-/m11111/s1. The highest BCUT2D eigenvalue weighted by molar-refractivity contribution is 14.1. The zero-order chi connectivity index (χ0) is 88.2. The van der Waals surface area contributed by atoms with Gasteiger partial charge in [-0.05, 0) is 200 Å². The largest absolute Gasteiger partial charge is 0.397 e. The van der Waals surface area contributed by atoms with Crippen LogP contribution in [0.3, 0.4) is 0 Å². The van der Waals surface area contributed by atoms with Crippen LogP contribution in [0.15, 0.2) is 66.0 Å². The molecule has 45 heteroatoms. The van der Waals surface area contributed by atoms with Crippen LogP contribution in [0, 0.1) is 14.7 Å². The van der Waals surface area contributed by atoms with Crippen LogP contribution in [0.1, 0.15) is 63.2 Å². The Morgan fingerprint density at radius 1 is 0.408 bits per heavy atom. The summed E-state index contributed by atoms with van der Waals surface area (Å²) in [6.07, 6.45) is 17.8. The Hall–Kier alpha value is -5.35. The van der Waals surface area contributed by atoms with E-state index >= 15 is 0 Å². The third-order valence-corrected chi connectivity index (χ3v) is 30.2. The average Bonchev–Trinajstić information content (AvgIpc) is 1.63. The van der Waals surface area contributed by atoms with Gasteiger partial charge in [0.25, 0.3) is 6.08 Å². The van der Waals surface area contributed by atoms with Gasteiger partial charge in [-0.1, -0.05) is 0 Å². The van der Waals surface area contributed by atoms with Crippen LogP contribution in [-0.4, -0.2) is 344 Å². The molecule has 0 aliphatic carbocycles. The SMILES string of the molecule is C=P(C)(C)CC[C@H]1O[C@@H](n2c(=S)[nH]c3c(N)ccnc32)[C@H](O)[C@@H]1O.C=P(C)(C)CC[C@H]1O[C@@H](n2c(Br)nc3c(N)ccnc32)[C@H](O)[C@@H]1O.C=P(C)(C)CC[C@H]1O[C@@H](n2c(Cl)nc3c(N)ccnc32)[C@H](O)[C@@H]1O.C=P(C)(C)CC[C@H]1O[C@@H](n2c(F)nc3c(N)ccnc32)[C@H](O)[C@@H]1O.C=P(C)(C)CC[C@H]1O[C@@H](n2c(I)nc3c(N)ccnc32)[C@H](O)[C@@H]1O. The molecule has 15 heterocycles. The van der Waals surface area contributed by atoms with Gasteiger partial charge < -0.3 is 108 Å². The number of rotatable bonds is 20. The summed E-state index contributed by atoms with van der Waals surface area (Å²) in [4.78, 5) is 40.9. The minimum Gasteiger partial charge on any atom is -0.397 e. The summed E-state index contributed by atoms with van der Waals surface area (Å²) in [5, 5.41) is 104. The number of fused-ring (bicyclic) bond motifs is 5. The van der Waals surface area contributed by atoms with Crippen LogP contribution in [0.4, 0.5) is 32.8 Å². The molecule has 21 N–H and O–H groups in total. The lowest BCUT2D eigenvalue weighted by atomic mass is 10.1.